The third kappa shape index (κ3) is 5.49. The smallest absolute Gasteiger partial charge is 0.272 e. The van der Waals surface area contributed by atoms with E-state index in [1.165, 1.54) is 6.07 Å². The third-order valence-corrected chi connectivity index (χ3v) is 6.67. The Kier molecular flexibility index (Phi) is 7.30. The van der Waals surface area contributed by atoms with Crippen LogP contribution in [0.5, 0.6) is 11.5 Å². The van der Waals surface area contributed by atoms with Crippen molar-refractivity contribution in [1.82, 2.24) is 25.3 Å². The molecule has 10 heteroatoms. The van der Waals surface area contributed by atoms with E-state index in [4.69, 9.17) is 9.47 Å². The maximum absolute atomic E-state index is 13.3. The van der Waals surface area contributed by atoms with Gasteiger partial charge in [-0.05, 0) is 35.6 Å². The van der Waals surface area contributed by atoms with Crippen LogP contribution >= 0.6 is 0 Å². The molecule has 2 aromatic carbocycles. The molecule has 0 aliphatic carbocycles. The van der Waals surface area contributed by atoms with Crippen LogP contribution in [0.2, 0.25) is 0 Å². The largest absolute Gasteiger partial charge is 0.454 e. The number of carbonyl (C=O) groups excluding carboxylic acids is 3. The number of nitrogens with zero attached hydrogens (tertiary/aromatic N) is 3. The number of nitrogens with one attached hydrogen (secondary N) is 2. The van der Waals surface area contributed by atoms with Crippen molar-refractivity contribution < 1.29 is 23.9 Å². The molecule has 0 spiro atoms. The minimum Gasteiger partial charge on any atom is -0.454 e. The molecule has 3 amide bonds. The monoisotopic (exact) mass is 517 g/mol. The van der Waals surface area contributed by atoms with Crippen LogP contribution in [0.25, 0.3) is 0 Å². The number of aromatic nitrogens is 2. The van der Waals surface area contributed by atoms with E-state index in [2.05, 4.69) is 15.7 Å². The van der Waals surface area contributed by atoms with Gasteiger partial charge >= 0.3 is 0 Å². The number of hydrogen-bond donors (Lipinski definition) is 2. The molecule has 1 atom stereocenters. The summed E-state index contributed by atoms with van der Waals surface area (Å²) in [6.07, 6.45) is 0.727. The molecule has 1 aromatic heterocycles. The van der Waals surface area contributed by atoms with E-state index in [0.29, 0.717) is 36.8 Å². The summed E-state index contributed by atoms with van der Waals surface area (Å²) in [7, 11) is 0. The van der Waals surface area contributed by atoms with Gasteiger partial charge in [0.2, 0.25) is 12.7 Å². The third-order valence-electron chi connectivity index (χ3n) is 6.67. The Bertz CT molecular complexity index is 1340. The number of carbonyl (C=O) groups is 3. The first-order chi connectivity index (χ1) is 18.4. The van der Waals surface area contributed by atoms with Crippen LogP contribution < -0.4 is 20.1 Å². The zero-order valence-corrected chi connectivity index (χ0v) is 21.5. The highest BCUT2D eigenvalue weighted by molar-refractivity contribution is 5.99. The molecule has 3 heterocycles. The highest BCUT2D eigenvalue weighted by atomic mass is 16.7. The van der Waals surface area contributed by atoms with Gasteiger partial charge in [0.05, 0.1) is 0 Å². The van der Waals surface area contributed by atoms with Gasteiger partial charge in [-0.25, -0.2) is 0 Å². The normalized spacial score (nSPS) is 15.1. The van der Waals surface area contributed by atoms with Gasteiger partial charge in [0, 0.05) is 32.2 Å². The van der Waals surface area contributed by atoms with Crippen LogP contribution in [0.3, 0.4) is 0 Å². The molecular weight excluding hydrogens is 486 g/mol. The van der Waals surface area contributed by atoms with E-state index in [0.717, 1.165) is 17.5 Å². The second-order valence-electron chi connectivity index (χ2n) is 9.80. The van der Waals surface area contributed by atoms with Crippen molar-refractivity contribution in [2.24, 2.45) is 5.92 Å². The second kappa shape index (κ2) is 11.0. The average Bonchev–Trinajstić information content (AvgIpc) is 3.54. The minimum absolute atomic E-state index is 0.115. The minimum atomic E-state index is -0.775. The van der Waals surface area contributed by atoms with Crippen LogP contribution in [0.1, 0.15) is 52.4 Å². The fraction of sp³-hybridized carbons (Fsp3) is 0.357. The first kappa shape index (κ1) is 25.3. The van der Waals surface area contributed by atoms with E-state index < -0.39 is 11.9 Å². The molecular formula is C28H31N5O5. The molecule has 38 heavy (non-hydrogen) atoms. The van der Waals surface area contributed by atoms with Crippen molar-refractivity contribution in [2.75, 3.05) is 13.3 Å². The predicted molar refractivity (Wildman–Crippen MR) is 139 cm³/mol. The van der Waals surface area contributed by atoms with Crippen molar-refractivity contribution in [3.63, 3.8) is 0 Å². The van der Waals surface area contributed by atoms with Crippen LogP contribution in [0, 0.1) is 5.92 Å². The van der Waals surface area contributed by atoms with Gasteiger partial charge in [-0.2, -0.15) is 5.10 Å². The lowest BCUT2D eigenvalue weighted by Gasteiger charge is -2.21. The van der Waals surface area contributed by atoms with Crippen molar-refractivity contribution in [2.45, 2.75) is 45.9 Å². The number of benzene rings is 2. The van der Waals surface area contributed by atoms with Crippen LogP contribution in [-0.2, 0) is 24.4 Å². The van der Waals surface area contributed by atoms with E-state index >= 15 is 0 Å². The second-order valence-corrected chi connectivity index (χ2v) is 9.80. The summed E-state index contributed by atoms with van der Waals surface area (Å²) in [6, 6.07) is 16.0. The summed E-state index contributed by atoms with van der Waals surface area (Å²) < 4.78 is 12.3. The Morgan fingerprint density at radius 3 is 2.58 bits per heavy atom. The number of amides is 3. The molecule has 0 bridgehead atoms. The first-order valence-electron chi connectivity index (χ1n) is 12.8. The molecule has 0 saturated heterocycles. The number of aryl methyl sites for hydroxylation is 1. The fourth-order valence-electron chi connectivity index (χ4n) is 4.60. The van der Waals surface area contributed by atoms with Crippen LogP contribution in [0.15, 0.2) is 54.6 Å². The van der Waals surface area contributed by atoms with E-state index in [9.17, 15) is 14.4 Å². The van der Waals surface area contributed by atoms with Crippen molar-refractivity contribution in [3.05, 3.63) is 77.1 Å². The summed E-state index contributed by atoms with van der Waals surface area (Å²) in [5.74, 6) is 0.176. The maximum Gasteiger partial charge on any atom is 0.272 e. The Labute approximate surface area is 220 Å². The molecule has 0 fully saturated rings. The van der Waals surface area contributed by atoms with Gasteiger partial charge in [-0.1, -0.05) is 50.2 Å². The number of ether oxygens (including phenoxy) is 2. The van der Waals surface area contributed by atoms with Crippen molar-refractivity contribution >= 4 is 17.7 Å². The summed E-state index contributed by atoms with van der Waals surface area (Å²) in [5, 5.41) is 10.1. The molecule has 2 aliphatic heterocycles. The van der Waals surface area contributed by atoms with Crippen molar-refractivity contribution in [1.29, 1.82) is 0 Å². The lowest BCUT2D eigenvalue weighted by Crippen LogP contribution is -2.49. The van der Waals surface area contributed by atoms with Gasteiger partial charge in [0.25, 0.3) is 11.8 Å². The van der Waals surface area contributed by atoms with Crippen LogP contribution in [-0.4, -0.2) is 51.8 Å². The first-order valence-corrected chi connectivity index (χ1v) is 12.8. The summed E-state index contributed by atoms with van der Waals surface area (Å²) >= 11 is 0. The van der Waals surface area contributed by atoms with E-state index in [1.807, 2.05) is 56.3 Å². The quantitative estimate of drug-likeness (QED) is 0.475. The number of rotatable bonds is 8. The Morgan fingerprint density at radius 2 is 1.79 bits per heavy atom. The number of hydrogen-bond acceptors (Lipinski definition) is 6. The molecule has 10 nitrogen and oxygen atoms in total. The standard InChI is InChI=1S/C28H31N5O5/c1-18(2)25(27(35)29-15-20-9-10-23-24(13-20)38-17-37-23)30-26(34)21-14-22-28(36)32(11-6-12-33(22)31-21)16-19-7-4-3-5-8-19/h3-5,7-10,13-14,18,25H,6,11-12,15-17H2,1-2H3,(H,29,35)(H,30,34). The SMILES string of the molecule is CC(C)C(NC(=O)c1cc2n(n1)CCCN(Cc1ccccc1)C2=O)C(=O)NCc1ccc2c(c1)OCO2. The molecule has 0 saturated carbocycles. The molecule has 3 aromatic rings. The van der Waals surface area contributed by atoms with Gasteiger partial charge in [-0.3, -0.25) is 19.1 Å². The maximum atomic E-state index is 13.3. The molecule has 5 rings (SSSR count). The van der Waals surface area contributed by atoms with Gasteiger partial charge in [-0.15, -0.1) is 0 Å². The Hall–Kier alpha value is -4.34. The average molecular weight is 518 g/mol. The summed E-state index contributed by atoms with van der Waals surface area (Å²) in [6.45, 7) is 5.81. The van der Waals surface area contributed by atoms with E-state index in [-0.39, 0.29) is 36.8 Å². The molecule has 1 unspecified atom stereocenters. The zero-order chi connectivity index (χ0) is 26.6. The molecule has 2 aliphatic rings. The highest BCUT2D eigenvalue weighted by Gasteiger charge is 2.29. The van der Waals surface area contributed by atoms with Crippen molar-refractivity contribution in [3.8, 4) is 11.5 Å². The fourth-order valence-corrected chi connectivity index (χ4v) is 4.60. The topological polar surface area (TPSA) is 115 Å². The molecule has 198 valence electrons. The summed E-state index contributed by atoms with van der Waals surface area (Å²) in [4.78, 5) is 41.2. The lowest BCUT2D eigenvalue weighted by molar-refractivity contribution is -0.124. The zero-order valence-electron chi connectivity index (χ0n) is 21.5. The highest BCUT2D eigenvalue weighted by Crippen LogP contribution is 2.32. The van der Waals surface area contributed by atoms with Gasteiger partial charge < -0.3 is 25.0 Å². The van der Waals surface area contributed by atoms with Gasteiger partial charge in [0.1, 0.15) is 11.7 Å². The Morgan fingerprint density at radius 1 is 1.00 bits per heavy atom. The summed E-state index contributed by atoms with van der Waals surface area (Å²) in [5.41, 5.74) is 2.38. The number of fused-ring (bicyclic) bond motifs is 2. The Balaban J connectivity index is 1.24. The predicted octanol–water partition coefficient (Wildman–Crippen LogP) is 2.73. The molecule has 0 radical (unpaired) electrons. The lowest BCUT2D eigenvalue weighted by atomic mass is 10.0. The van der Waals surface area contributed by atoms with Crippen LogP contribution in [0.4, 0.5) is 0 Å². The molecule has 2 N–H and O–H groups in total. The van der Waals surface area contributed by atoms with Gasteiger partial charge in [0.15, 0.2) is 17.2 Å². The van der Waals surface area contributed by atoms with E-state index in [1.54, 1.807) is 15.6 Å².